The normalized spacial score (nSPS) is 11.6. The van der Waals surface area contributed by atoms with Gasteiger partial charge in [-0.2, -0.15) is 0 Å². The van der Waals surface area contributed by atoms with Gasteiger partial charge in [-0.3, -0.25) is 4.57 Å². The molecule has 0 aliphatic carbocycles. The topological polar surface area (TPSA) is 83.6 Å². The summed E-state index contributed by atoms with van der Waals surface area (Å²) in [7, 11) is -4.14. The molecule has 1 rings (SSSR count). The second-order valence-electron chi connectivity index (χ2n) is 3.06. The molecule has 0 unspecified atom stereocenters. The first-order valence-electron chi connectivity index (χ1n) is 4.40. The van der Waals surface area contributed by atoms with E-state index in [0.717, 1.165) is 6.42 Å². The van der Waals surface area contributed by atoms with Crippen molar-refractivity contribution in [2.75, 3.05) is 6.54 Å². The summed E-state index contributed by atoms with van der Waals surface area (Å²) in [4.78, 5) is 18.1. The highest BCUT2D eigenvalue weighted by Crippen LogP contribution is 2.34. The van der Waals surface area contributed by atoms with Crippen molar-refractivity contribution < 1.29 is 14.4 Å². The molecule has 0 aliphatic heterocycles. The molecule has 4 N–H and O–H groups in total. The summed E-state index contributed by atoms with van der Waals surface area (Å²) in [6, 6.07) is 6.59. The third-order valence-corrected chi connectivity index (χ3v) is 3.02. The molecule has 14 heavy (non-hydrogen) atoms. The predicted molar refractivity (Wildman–Crippen MR) is 55.5 cm³/mol. The summed E-state index contributed by atoms with van der Waals surface area (Å²) in [5.74, 6) is 0. The Balaban J connectivity index is 2.98. The lowest BCUT2D eigenvalue weighted by Gasteiger charge is -2.09. The first-order valence-corrected chi connectivity index (χ1v) is 6.01. The lowest BCUT2D eigenvalue weighted by Crippen LogP contribution is -2.12. The zero-order valence-corrected chi connectivity index (χ0v) is 8.65. The molecule has 78 valence electrons. The van der Waals surface area contributed by atoms with Crippen molar-refractivity contribution in [1.82, 2.24) is 0 Å². The van der Waals surface area contributed by atoms with Crippen LogP contribution in [0.4, 0.5) is 0 Å². The Morgan fingerprint density at radius 2 is 1.93 bits per heavy atom. The number of aryl methyl sites for hydroxylation is 1. The number of nitrogens with two attached hydrogens (primary N) is 1. The fraction of sp³-hybridized carbons (Fsp3) is 0.333. The number of benzene rings is 1. The zero-order chi connectivity index (χ0) is 10.6. The van der Waals surface area contributed by atoms with Crippen molar-refractivity contribution in [3.8, 4) is 0 Å². The lowest BCUT2D eigenvalue weighted by atomic mass is 10.1. The summed E-state index contributed by atoms with van der Waals surface area (Å²) < 4.78 is 11.1. The summed E-state index contributed by atoms with van der Waals surface area (Å²) in [6.07, 6.45) is 1.34. The third-order valence-electron chi connectivity index (χ3n) is 1.96. The van der Waals surface area contributed by atoms with Gasteiger partial charge in [-0.05, 0) is 31.0 Å². The molecule has 5 heteroatoms. The van der Waals surface area contributed by atoms with Gasteiger partial charge in [0.05, 0.1) is 5.30 Å². The molecule has 0 spiro atoms. The maximum atomic E-state index is 11.1. The molecule has 0 heterocycles. The quantitative estimate of drug-likeness (QED) is 0.634. The molecule has 1 aromatic rings. The van der Waals surface area contributed by atoms with Gasteiger partial charge < -0.3 is 15.5 Å². The van der Waals surface area contributed by atoms with Crippen molar-refractivity contribution in [3.63, 3.8) is 0 Å². The van der Waals surface area contributed by atoms with Crippen LogP contribution in [0.2, 0.25) is 0 Å². The van der Waals surface area contributed by atoms with Gasteiger partial charge in [-0.25, -0.2) is 0 Å². The molecule has 0 saturated heterocycles. The molecule has 0 aliphatic rings. The molecule has 4 nitrogen and oxygen atoms in total. The van der Waals surface area contributed by atoms with Crippen molar-refractivity contribution >= 4 is 12.9 Å². The molecule has 0 amide bonds. The summed E-state index contributed by atoms with van der Waals surface area (Å²) >= 11 is 0. The number of hydrogen-bond donors (Lipinski definition) is 3. The van der Waals surface area contributed by atoms with E-state index in [1.165, 1.54) is 6.07 Å². The lowest BCUT2D eigenvalue weighted by molar-refractivity contribution is 0.387. The Bertz CT molecular complexity index is 348. The maximum Gasteiger partial charge on any atom is 0.356 e. The summed E-state index contributed by atoms with van der Waals surface area (Å²) in [5.41, 5.74) is 6.03. The monoisotopic (exact) mass is 215 g/mol. The first kappa shape index (κ1) is 11.4. The van der Waals surface area contributed by atoms with Gasteiger partial charge in [0.15, 0.2) is 0 Å². The van der Waals surface area contributed by atoms with Crippen LogP contribution in [0.25, 0.3) is 0 Å². The summed E-state index contributed by atoms with van der Waals surface area (Å²) in [6.45, 7) is 0.523. The minimum Gasteiger partial charge on any atom is -0.330 e. The Morgan fingerprint density at radius 3 is 2.50 bits per heavy atom. The minimum absolute atomic E-state index is 0.119. The molecule has 0 bridgehead atoms. The van der Waals surface area contributed by atoms with E-state index in [-0.39, 0.29) is 5.30 Å². The minimum atomic E-state index is -4.14. The summed E-state index contributed by atoms with van der Waals surface area (Å²) in [5, 5.41) is 0.119. The largest absolute Gasteiger partial charge is 0.356 e. The van der Waals surface area contributed by atoms with E-state index in [0.29, 0.717) is 18.5 Å². The van der Waals surface area contributed by atoms with Crippen LogP contribution in [-0.4, -0.2) is 16.3 Å². The fourth-order valence-electron chi connectivity index (χ4n) is 1.30. The molecular weight excluding hydrogens is 201 g/mol. The van der Waals surface area contributed by atoms with Gasteiger partial charge in [-0.1, -0.05) is 18.2 Å². The smallest absolute Gasteiger partial charge is 0.330 e. The number of rotatable bonds is 4. The van der Waals surface area contributed by atoms with E-state index in [1.54, 1.807) is 18.2 Å². The van der Waals surface area contributed by atoms with Crippen molar-refractivity contribution in [3.05, 3.63) is 29.8 Å². The third kappa shape index (κ3) is 2.93. The van der Waals surface area contributed by atoms with E-state index < -0.39 is 7.60 Å². The van der Waals surface area contributed by atoms with Crippen molar-refractivity contribution in [1.29, 1.82) is 0 Å². The van der Waals surface area contributed by atoms with Gasteiger partial charge in [0.25, 0.3) is 0 Å². The molecule has 1 aromatic carbocycles. The van der Waals surface area contributed by atoms with E-state index in [4.69, 9.17) is 15.5 Å². The van der Waals surface area contributed by atoms with E-state index >= 15 is 0 Å². The molecule has 0 saturated carbocycles. The second kappa shape index (κ2) is 4.71. The first-order chi connectivity index (χ1) is 6.55. The fourth-order valence-corrected chi connectivity index (χ4v) is 2.14. The Labute approximate surface area is 82.9 Å². The van der Waals surface area contributed by atoms with E-state index in [2.05, 4.69) is 0 Å². The Kier molecular flexibility index (Phi) is 3.84. The SMILES string of the molecule is NCCCc1ccccc1P(=O)(O)O. The highest BCUT2D eigenvalue weighted by atomic mass is 31.2. The maximum absolute atomic E-state index is 11.1. The van der Waals surface area contributed by atoms with Gasteiger partial charge in [0.2, 0.25) is 0 Å². The molecule has 0 radical (unpaired) electrons. The Morgan fingerprint density at radius 1 is 1.29 bits per heavy atom. The predicted octanol–water partition coefficient (Wildman–Crippen LogP) is 0.381. The molecular formula is C9H14NO3P. The van der Waals surface area contributed by atoms with Crippen molar-refractivity contribution in [2.45, 2.75) is 12.8 Å². The van der Waals surface area contributed by atoms with Crippen LogP contribution in [0.5, 0.6) is 0 Å². The van der Waals surface area contributed by atoms with Crippen LogP contribution in [0.15, 0.2) is 24.3 Å². The average molecular weight is 215 g/mol. The van der Waals surface area contributed by atoms with Gasteiger partial charge in [-0.15, -0.1) is 0 Å². The second-order valence-corrected chi connectivity index (χ2v) is 4.63. The van der Waals surface area contributed by atoms with E-state index in [1.807, 2.05) is 0 Å². The Hall–Kier alpha value is -0.670. The van der Waals surface area contributed by atoms with Gasteiger partial charge >= 0.3 is 7.60 Å². The molecule has 0 fully saturated rings. The average Bonchev–Trinajstić information content (AvgIpc) is 2.14. The highest BCUT2D eigenvalue weighted by Gasteiger charge is 2.19. The van der Waals surface area contributed by atoms with Crippen LogP contribution in [0, 0.1) is 0 Å². The van der Waals surface area contributed by atoms with Gasteiger partial charge in [0, 0.05) is 0 Å². The van der Waals surface area contributed by atoms with Crippen LogP contribution in [0.1, 0.15) is 12.0 Å². The van der Waals surface area contributed by atoms with E-state index in [9.17, 15) is 4.57 Å². The van der Waals surface area contributed by atoms with Crippen LogP contribution >= 0.6 is 7.60 Å². The zero-order valence-electron chi connectivity index (χ0n) is 7.76. The van der Waals surface area contributed by atoms with Gasteiger partial charge in [0.1, 0.15) is 0 Å². The molecule has 0 aromatic heterocycles. The number of hydrogen-bond acceptors (Lipinski definition) is 2. The van der Waals surface area contributed by atoms with Crippen LogP contribution < -0.4 is 11.0 Å². The van der Waals surface area contributed by atoms with Crippen molar-refractivity contribution in [2.24, 2.45) is 5.73 Å². The van der Waals surface area contributed by atoms with Crippen LogP contribution in [0.3, 0.4) is 0 Å². The highest BCUT2D eigenvalue weighted by molar-refractivity contribution is 7.60. The van der Waals surface area contributed by atoms with Crippen LogP contribution in [-0.2, 0) is 11.0 Å². The standard InChI is InChI=1S/C9H14NO3P/c10-7-3-5-8-4-1-2-6-9(8)14(11,12)13/h1-2,4,6H,3,5,7,10H2,(H2,11,12,13). The molecule has 0 atom stereocenters.